The predicted octanol–water partition coefficient (Wildman–Crippen LogP) is 3.03. The molecule has 0 aliphatic carbocycles. The Morgan fingerprint density at radius 3 is 2.75 bits per heavy atom. The van der Waals surface area contributed by atoms with Gasteiger partial charge in [-0.05, 0) is 30.3 Å². The van der Waals surface area contributed by atoms with Crippen LogP contribution in [0, 0.1) is 5.82 Å². The summed E-state index contributed by atoms with van der Waals surface area (Å²) in [5, 5.41) is 6.55. The fourth-order valence-electron chi connectivity index (χ4n) is 2.61. The molecule has 1 amide bonds. The van der Waals surface area contributed by atoms with Gasteiger partial charge in [-0.1, -0.05) is 5.16 Å². The topological polar surface area (TPSA) is 98.7 Å². The van der Waals surface area contributed by atoms with Gasteiger partial charge in [0, 0.05) is 48.9 Å². The molecule has 28 heavy (non-hydrogen) atoms. The summed E-state index contributed by atoms with van der Waals surface area (Å²) in [5.74, 6) is 0.0479. The maximum Gasteiger partial charge on any atom is 0.227 e. The fraction of sp³-hybridized carbons (Fsp3) is 0.105. The molecular weight excluding hydrogens is 363 g/mol. The van der Waals surface area contributed by atoms with Crippen LogP contribution >= 0.6 is 0 Å². The van der Waals surface area contributed by atoms with E-state index in [0.29, 0.717) is 23.1 Å². The lowest BCUT2D eigenvalue weighted by atomic mass is 10.2. The third kappa shape index (κ3) is 3.93. The number of aromatic nitrogens is 5. The molecule has 0 spiro atoms. The van der Waals surface area contributed by atoms with Gasteiger partial charge >= 0.3 is 0 Å². The number of carbonyl (C=O) groups excluding carboxylic acids is 1. The van der Waals surface area contributed by atoms with Crippen LogP contribution in [0.3, 0.4) is 0 Å². The summed E-state index contributed by atoms with van der Waals surface area (Å²) >= 11 is 0. The maximum absolute atomic E-state index is 14.2. The van der Waals surface area contributed by atoms with Crippen LogP contribution in [-0.2, 0) is 11.2 Å². The molecule has 9 heteroatoms. The van der Waals surface area contributed by atoms with Crippen LogP contribution in [0.25, 0.3) is 17.1 Å². The van der Waals surface area contributed by atoms with Crippen molar-refractivity contribution in [3.63, 3.8) is 0 Å². The Hall–Kier alpha value is -3.88. The number of hydrogen-bond donors (Lipinski definition) is 1. The molecule has 3 aromatic heterocycles. The third-order valence-electron chi connectivity index (χ3n) is 3.99. The van der Waals surface area contributed by atoms with E-state index in [1.165, 1.54) is 12.4 Å². The number of anilines is 1. The largest absolute Gasteiger partial charge is 0.339 e. The highest BCUT2D eigenvalue weighted by Gasteiger charge is 2.12. The first-order valence-electron chi connectivity index (χ1n) is 8.50. The minimum Gasteiger partial charge on any atom is -0.339 e. The second kappa shape index (κ2) is 7.78. The number of nitrogens with one attached hydrogen (secondary N) is 1. The maximum atomic E-state index is 14.2. The summed E-state index contributed by atoms with van der Waals surface area (Å²) < 4.78 is 21.0. The third-order valence-corrected chi connectivity index (χ3v) is 3.99. The molecule has 0 aliphatic rings. The first-order chi connectivity index (χ1) is 13.7. The van der Waals surface area contributed by atoms with Crippen molar-refractivity contribution in [3.8, 4) is 17.1 Å². The number of benzene rings is 1. The summed E-state index contributed by atoms with van der Waals surface area (Å²) in [6.07, 6.45) is 8.38. The summed E-state index contributed by atoms with van der Waals surface area (Å²) in [7, 11) is 0. The van der Waals surface area contributed by atoms with Crippen LogP contribution in [0.1, 0.15) is 12.3 Å². The van der Waals surface area contributed by atoms with Crippen LogP contribution in [0.4, 0.5) is 10.1 Å². The van der Waals surface area contributed by atoms with Crippen LogP contribution in [0.15, 0.2) is 66.0 Å². The number of pyridine rings is 1. The van der Waals surface area contributed by atoms with Gasteiger partial charge < -0.3 is 14.4 Å². The minimum atomic E-state index is -0.463. The zero-order valence-corrected chi connectivity index (χ0v) is 14.6. The second-order valence-electron chi connectivity index (χ2n) is 5.93. The lowest BCUT2D eigenvalue weighted by Crippen LogP contribution is -2.12. The number of amides is 1. The highest BCUT2D eigenvalue weighted by molar-refractivity contribution is 5.90. The standard InChI is InChI=1S/C19H15FN6O2/c20-15-11-14(1-2-16(15)26-10-9-22-12-26)23-17(27)3-4-18-24-19(25-28-18)13-5-7-21-8-6-13/h1-2,5-12H,3-4H2,(H,23,27). The summed E-state index contributed by atoms with van der Waals surface area (Å²) in [5.41, 5.74) is 1.50. The van der Waals surface area contributed by atoms with Gasteiger partial charge in [-0.15, -0.1) is 0 Å². The van der Waals surface area contributed by atoms with Gasteiger partial charge in [-0.25, -0.2) is 9.37 Å². The number of hydrogen-bond acceptors (Lipinski definition) is 6. The predicted molar refractivity (Wildman–Crippen MR) is 98.0 cm³/mol. The van der Waals surface area contributed by atoms with Crippen molar-refractivity contribution in [2.45, 2.75) is 12.8 Å². The van der Waals surface area contributed by atoms with Crippen molar-refractivity contribution < 1.29 is 13.7 Å². The van der Waals surface area contributed by atoms with Crippen LogP contribution in [0.5, 0.6) is 0 Å². The number of imidazole rings is 1. The van der Waals surface area contributed by atoms with Crippen molar-refractivity contribution in [2.24, 2.45) is 0 Å². The molecular formula is C19H15FN6O2. The zero-order chi connectivity index (χ0) is 19.3. The van der Waals surface area contributed by atoms with Crippen molar-refractivity contribution in [1.82, 2.24) is 24.7 Å². The molecule has 0 fully saturated rings. The molecule has 3 heterocycles. The molecule has 4 rings (SSSR count). The molecule has 140 valence electrons. The molecule has 0 saturated heterocycles. The van der Waals surface area contributed by atoms with E-state index in [2.05, 4.69) is 25.4 Å². The molecule has 8 nitrogen and oxygen atoms in total. The molecule has 1 N–H and O–H groups in total. The van der Waals surface area contributed by atoms with Crippen molar-refractivity contribution in [2.75, 3.05) is 5.32 Å². The van der Waals surface area contributed by atoms with Gasteiger partial charge in [-0.2, -0.15) is 4.98 Å². The fourth-order valence-corrected chi connectivity index (χ4v) is 2.61. The van der Waals surface area contributed by atoms with Gasteiger partial charge in [0.15, 0.2) is 0 Å². The van der Waals surface area contributed by atoms with E-state index in [1.54, 1.807) is 53.6 Å². The van der Waals surface area contributed by atoms with E-state index in [4.69, 9.17) is 4.52 Å². The lowest BCUT2D eigenvalue weighted by molar-refractivity contribution is -0.116. The zero-order valence-electron chi connectivity index (χ0n) is 14.6. The SMILES string of the molecule is O=C(CCc1nc(-c2ccncc2)no1)Nc1ccc(-n2ccnc2)c(F)c1. The van der Waals surface area contributed by atoms with Gasteiger partial charge in [0.2, 0.25) is 17.6 Å². The highest BCUT2D eigenvalue weighted by atomic mass is 19.1. The lowest BCUT2D eigenvalue weighted by Gasteiger charge is -2.08. The number of rotatable bonds is 6. The second-order valence-corrected chi connectivity index (χ2v) is 5.93. The smallest absolute Gasteiger partial charge is 0.227 e. The van der Waals surface area contributed by atoms with E-state index in [9.17, 15) is 9.18 Å². The Morgan fingerprint density at radius 1 is 1.14 bits per heavy atom. The summed E-state index contributed by atoms with van der Waals surface area (Å²) in [6, 6.07) is 8.00. The molecule has 0 atom stereocenters. The quantitative estimate of drug-likeness (QED) is 0.554. The number of carbonyl (C=O) groups is 1. The Kier molecular flexibility index (Phi) is 4.87. The van der Waals surface area contributed by atoms with E-state index in [0.717, 1.165) is 5.56 Å². The average Bonchev–Trinajstić information content (AvgIpc) is 3.39. The van der Waals surface area contributed by atoms with E-state index in [1.807, 2.05) is 0 Å². The Bertz CT molecular complexity index is 1080. The van der Waals surface area contributed by atoms with E-state index < -0.39 is 5.82 Å². The Balaban J connectivity index is 1.35. The first-order valence-corrected chi connectivity index (χ1v) is 8.50. The first kappa shape index (κ1) is 17.5. The highest BCUT2D eigenvalue weighted by Crippen LogP contribution is 2.19. The van der Waals surface area contributed by atoms with E-state index >= 15 is 0 Å². The van der Waals surface area contributed by atoms with Crippen molar-refractivity contribution >= 4 is 11.6 Å². The molecule has 0 saturated carbocycles. The number of halogens is 1. The van der Waals surface area contributed by atoms with Crippen molar-refractivity contribution in [1.29, 1.82) is 0 Å². The number of nitrogens with zero attached hydrogens (tertiary/aromatic N) is 5. The molecule has 0 bridgehead atoms. The number of aryl methyl sites for hydroxylation is 1. The average molecular weight is 378 g/mol. The molecule has 0 unspecified atom stereocenters. The summed E-state index contributed by atoms with van der Waals surface area (Å²) in [4.78, 5) is 24.2. The van der Waals surface area contributed by atoms with Gasteiger partial charge in [0.25, 0.3) is 0 Å². The molecule has 4 aromatic rings. The van der Waals surface area contributed by atoms with Crippen molar-refractivity contribution in [3.05, 3.63) is 73.2 Å². The van der Waals surface area contributed by atoms with Crippen LogP contribution in [-0.4, -0.2) is 30.6 Å². The Morgan fingerprint density at radius 2 is 2.00 bits per heavy atom. The monoisotopic (exact) mass is 378 g/mol. The van der Waals surface area contributed by atoms with Gasteiger partial charge in [0.1, 0.15) is 5.82 Å². The van der Waals surface area contributed by atoms with Gasteiger partial charge in [0.05, 0.1) is 12.0 Å². The van der Waals surface area contributed by atoms with Gasteiger partial charge in [-0.3, -0.25) is 9.78 Å². The minimum absolute atomic E-state index is 0.128. The van der Waals surface area contributed by atoms with E-state index in [-0.39, 0.29) is 18.7 Å². The van der Waals surface area contributed by atoms with Crippen LogP contribution < -0.4 is 5.32 Å². The Labute approximate surface area is 159 Å². The normalized spacial score (nSPS) is 10.8. The molecule has 1 aromatic carbocycles. The summed E-state index contributed by atoms with van der Waals surface area (Å²) in [6.45, 7) is 0. The van der Waals surface area contributed by atoms with Crippen LogP contribution in [0.2, 0.25) is 0 Å². The molecule has 0 radical (unpaired) electrons. The molecule has 0 aliphatic heterocycles.